The van der Waals surface area contributed by atoms with E-state index in [2.05, 4.69) is 9.97 Å². The number of para-hydroxylation sites is 1. The smallest absolute Gasteiger partial charge is 0.335 e. The number of fused-ring (bicyclic) bond motifs is 1. The topological polar surface area (TPSA) is 152 Å². The van der Waals surface area contributed by atoms with E-state index in [1.54, 1.807) is 43.0 Å². The van der Waals surface area contributed by atoms with Gasteiger partial charge in [-0.05, 0) is 49.2 Å². The van der Waals surface area contributed by atoms with E-state index >= 15 is 0 Å². The van der Waals surface area contributed by atoms with Gasteiger partial charge in [-0.3, -0.25) is 13.9 Å². The number of rotatable bonds is 8. The first-order valence-electron chi connectivity index (χ1n) is 13.3. The van der Waals surface area contributed by atoms with Crippen LogP contribution in [-0.4, -0.2) is 54.2 Å². The van der Waals surface area contributed by atoms with Crippen LogP contribution >= 0.6 is 0 Å². The summed E-state index contributed by atoms with van der Waals surface area (Å²) in [5.74, 6) is 1.02. The Morgan fingerprint density at radius 1 is 1.17 bits per heavy atom. The largest absolute Gasteiger partial charge is 0.457 e. The molecule has 3 N–H and O–H groups in total. The first kappa shape index (κ1) is 27.6. The summed E-state index contributed by atoms with van der Waals surface area (Å²) >= 11 is 0. The number of carbonyl (C=O) groups is 1. The van der Waals surface area contributed by atoms with Crippen LogP contribution in [0.2, 0.25) is 0 Å². The van der Waals surface area contributed by atoms with Gasteiger partial charge >= 0.3 is 5.69 Å². The van der Waals surface area contributed by atoms with Crippen LogP contribution in [0.3, 0.4) is 0 Å². The number of aliphatic hydroxyl groups is 1. The van der Waals surface area contributed by atoms with Crippen LogP contribution in [0.15, 0.2) is 77.4 Å². The number of imidazole rings is 1. The van der Waals surface area contributed by atoms with Gasteiger partial charge in [0.2, 0.25) is 0 Å². The van der Waals surface area contributed by atoms with Crippen LogP contribution in [0.4, 0.5) is 5.82 Å². The summed E-state index contributed by atoms with van der Waals surface area (Å²) in [6.07, 6.45) is 4.19. The van der Waals surface area contributed by atoms with Gasteiger partial charge in [0.25, 0.3) is 5.91 Å². The number of amides is 1. The molecular weight excluding hydrogens is 522 g/mol. The molecule has 0 aliphatic carbocycles. The van der Waals surface area contributed by atoms with Gasteiger partial charge < -0.3 is 20.5 Å². The number of carbonyl (C=O) groups excluding carboxylic acids is 1. The van der Waals surface area contributed by atoms with Crippen LogP contribution < -0.4 is 16.2 Å². The monoisotopic (exact) mass is 553 g/mol. The van der Waals surface area contributed by atoms with Crippen molar-refractivity contribution in [3.05, 3.63) is 83.1 Å². The number of nitrogen functional groups attached to an aromatic ring is 1. The highest BCUT2D eigenvalue weighted by molar-refractivity contribution is 5.97. The fourth-order valence-electron chi connectivity index (χ4n) is 5.03. The summed E-state index contributed by atoms with van der Waals surface area (Å²) in [5.41, 5.74) is 6.39. The number of hydrogen-bond donors (Lipinski definition) is 2. The summed E-state index contributed by atoms with van der Waals surface area (Å²) in [7, 11) is 0. The van der Waals surface area contributed by atoms with E-state index in [4.69, 9.17) is 10.5 Å². The zero-order chi connectivity index (χ0) is 29.1. The molecule has 0 spiro atoms. The number of hydrogen-bond acceptors (Lipinski definition) is 8. The number of nitriles is 1. The van der Waals surface area contributed by atoms with E-state index < -0.39 is 11.3 Å². The van der Waals surface area contributed by atoms with Crippen LogP contribution in [0.25, 0.3) is 16.9 Å². The number of aromatic nitrogens is 4. The molecule has 2 aromatic carbocycles. The van der Waals surface area contributed by atoms with Crippen LogP contribution in [-0.2, 0) is 11.3 Å². The Morgan fingerprint density at radius 3 is 2.56 bits per heavy atom. The third-order valence-corrected chi connectivity index (χ3v) is 7.13. The molecule has 11 heteroatoms. The Morgan fingerprint density at radius 2 is 1.88 bits per heavy atom. The molecule has 0 saturated carbocycles. The van der Waals surface area contributed by atoms with E-state index in [0.717, 1.165) is 6.42 Å². The van der Waals surface area contributed by atoms with Gasteiger partial charge in [-0.1, -0.05) is 38.1 Å². The second kappa shape index (κ2) is 11.3. The first-order chi connectivity index (χ1) is 19.7. The standard InChI is InChI=1S/C30H31N7O4/c1-30(2,18-38)15-20(16-31)28(39)35-14-6-7-22(35)17-36-27-25(26(32)33-19-34-27)37(29(36)40)21-10-12-24(13-11-21)41-23-8-4-3-5-9-23/h3-5,8-13,15,19,22,38H,6-7,14,17-18H2,1-2H3,(H2,32,33,34)/b20-15-/t22-/m0/s1. The molecule has 1 aliphatic heterocycles. The summed E-state index contributed by atoms with van der Waals surface area (Å²) in [6, 6.07) is 18.1. The highest BCUT2D eigenvalue weighted by Gasteiger charge is 2.33. The van der Waals surface area contributed by atoms with Gasteiger partial charge in [0.15, 0.2) is 11.5 Å². The predicted octanol–water partition coefficient (Wildman–Crippen LogP) is 3.42. The van der Waals surface area contributed by atoms with Gasteiger partial charge in [-0.2, -0.15) is 5.26 Å². The quantitative estimate of drug-likeness (QED) is 0.249. The minimum absolute atomic E-state index is 0.0323. The molecule has 1 atom stereocenters. The van der Waals surface area contributed by atoms with Crippen molar-refractivity contribution in [2.75, 3.05) is 18.9 Å². The fourth-order valence-corrected chi connectivity index (χ4v) is 5.03. The Balaban J connectivity index is 1.48. The second-order valence-electron chi connectivity index (χ2n) is 10.7. The molecule has 210 valence electrons. The molecule has 41 heavy (non-hydrogen) atoms. The average Bonchev–Trinajstić information content (AvgIpc) is 3.55. The lowest BCUT2D eigenvalue weighted by molar-refractivity contribution is -0.127. The molecule has 1 fully saturated rings. The average molecular weight is 554 g/mol. The zero-order valence-electron chi connectivity index (χ0n) is 22.9. The lowest BCUT2D eigenvalue weighted by Gasteiger charge is -2.25. The van der Waals surface area contributed by atoms with Crippen molar-refractivity contribution in [3.8, 4) is 23.3 Å². The van der Waals surface area contributed by atoms with Gasteiger partial charge in [-0.15, -0.1) is 0 Å². The Bertz CT molecular complexity index is 1700. The maximum Gasteiger partial charge on any atom is 0.335 e. The molecule has 5 rings (SSSR count). The third kappa shape index (κ3) is 5.55. The molecule has 0 bridgehead atoms. The molecule has 0 radical (unpaired) electrons. The Hall–Kier alpha value is -4.95. The van der Waals surface area contributed by atoms with Gasteiger partial charge in [-0.25, -0.2) is 14.8 Å². The van der Waals surface area contributed by atoms with Crippen molar-refractivity contribution in [3.63, 3.8) is 0 Å². The summed E-state index contributed by atoms with van der Waals surface area (Å²) < 4.78 is 8.85. The number of likely N-dealkylation sites (tertiary alicyclic amines) is 1. The lowest BCUT2D eigenvalue weighted by Crippen LogP contribution is -2.41. The number of nitrogens with two attached hydrogens (primary N) is 1. The maximum atomic E-state index is 13.9. The number of nitrogens with zero attached hydrogens (tertiary/aromatic N) is 6. The molecule has 3 heterocycles. The highest BCUT2D eigenvalue weighted by Crippen LogP contribution is 2.27. The summed E-state index contributed by atoms with van der Waals surface area (Å²) in [5, 5.41) is 19.3. The summed E-state index contributed by atoms with van der Waals surface area (Å²) in [4.78, 5) is 37.4. The number of aliphatic hydroxyl groups excluding tert-OH is 1. The van der Waals surface area contributed by atoms with E-state index in [0.29, 0.717) is 41.3 Å². The minimum Gasteiger partial charge on any atom is -0.457 e. The van der Waals surface area contributed by atoms with E-state index in [1.807, 2.05) is 36.4 Å². The SMILES string of the molecule is CC(C)(/C=C(/C#N)C(=O)N1CCC[C@H]1Cn1c(=O)n(-c2ccc(Oc3ccccc3)cc2)c2c(N)ncnc21)CO. The molecule has 4 aromatic rings. The van der Waals surface area contributed by atoms with Crippen molar-refractivity contribution >= 4 is 22.9 Å². The maximum absolute atomic E-state index is 13.9. The molecule has 1 saturated heterocycles. The van der Waals surface area contributed by atoms with Crippen molar-refractivity contribution in [1.29, 1.82) is 5.26 Å². The lowest BCUT2D eigenvalue weighted by atomic mass is 9.91. The van der Waals surface area contributed by atoms with Crippen LogP contribution in [0.1, 0.15) is 26.7 Å². The fraction of sp³-hybridized carbons (Fsp3) is 0.300. The van der Waals surface area contributed by atoms with Crippen molar-refractivity contribution in [2.24, 2.45) is 5.41 Å². The number of benzene rings is 2. The second-order valence-corrected chi connectivity index (χ2v) is 10.7. The molecular formula is C30H31N7O4. The van der Waals surface area contributed by atoms with Crippen LogP contribution in [0.5, 0.6) is 11.5 Å². The molecule has 1 aliphatic rings. The Kier molecular flexibility index (Phi) is 7.59. The van der Waals surface area contributed by atoms with Crippen LogP contribution in [0, 0.1) is 16.7 Å². The first-order valence-corrected chi connectivity index (χ1v) is 13.3. The van der Waals surface area contributed by atoms with Crippen molar-refractivity contribution in [1.82, 2.24) is 24.0 Å². The van der Waals surface area contributed by atoms with Gasteiger partial charge in [0.05, 0.1) is 18.3 Å². The van der Waals surface area contributed by atoms with Gasteiger partial charge in [0, 0.05) is 18.5 Å². The third-order valence-electron chi connectivity index (χ3n) is 7.13. The predicted molar refractivity (Wildman–Crippen MR) is 153 cm³/mol. The minimum atomic E-state index is -0.726. The molecule has 11 nitrogen and oxygen atoms in total. The van der Waals surface area contributed by atoms with E-state index in [1.165, 1.54) is 21.5 Å². The van der Waals surface area contributed by atoms with Gasteiger partial charge in [0.1, 0.15) is 35.0 Å². The zero-order valence-corrected chi connectivity index (χ0v) is 22.9. The highest BCUT2D eigenvalue weighted by atomic mass is 16.5. The van der Waals surface area contributed by atoms with Crippen molar-refractivity contribution in [2.45, 2.75) is 39.3 Å². The van der Waals surface area contributed by atoms with Crippen molar-refractivity contribution < 1.29 is 14.6 Å². The number of ether oxygens (including phenoxy) is 1. The molecule has 0 unspecified atom stereocenters. The molecule has 1 amide bonds. The normalized spacial score (nSPS) is 15.7. The van der Waals surface area contributed by atoms with E-state index in [-0.39, 0.29) is 36.3 Å². The summed E-state index contributed by atoms with van der Waals surface area (Å²) in [6.45, 7) is 3.91. The Labute approximate surface area is 236 Å². The number of anilines is 1. The van der Waals surface area contributed by atoms with E-state index in [9.17, 15) is 20.0 Å². The molecule has 2 aromatic heterocycles.